The van der Waals surface area contributed by atoms with E-state index in [1.165, 1.54) is 12.1 Å². The lowest BCUT2D eigenvalue weighted by molar-refractivity contribution is 0.684. The van der Waals surface area contributed by atoms with Crippen LogP contribution in [0.2, 0.25) is 0 Å². The first kappa shape index (κ1) is 9.26. The summed E-state index contributed by atoms with van der Waals surface area (Å²) in [5, 5.41) is 3.10. The maximum Gasteiger partial charge on any atom is 0.122 e. The Morgan fingerprint density at radius 1 is 1.58 bits per heavy atom. The fourth-order valence-corrected chi connectivity index (χ4v) is 1.30. The number of hydrogen-bond acceptors (Lipinski definition) is 2. The van der Waals surface area contributed by atoms with E-state index in [4.69, 9.17) is 0 Å². The van der Waals surface area contributed by atoms with E-state index in [2.05, 4.69) is 28.8 Å². The van der Waals surface area contributed by atoms with Gasteiger partial charge in [0.1, 0.15) is 5.82 Å². The third kappa shape index (κ3) is 1.85. The van der Waals surface area contributed by atoms with Crippen LogP contribution in [0, 0.1) is 0 Å². The van der Waals surface area contributed by atoms with Crippen molar-refractivity contribution in [2.75, 3.05) is 7.05 Å². The van der Waals surface area contributed by atoms with E-state index in [1.54, 1.807) is 0 Å². The number of rotatable bonds is 4. The van der Waals surface area contributed by atoms with Gasteiger partial charge in [0.2, 0.25) is 0 Å². The quantitative estimate of drug-likeness (QED) is 0.727. The molecule has 1 heterocycles. The van der Waals surface area contributed by atoms with E-state index in [0.29, 0.717) is 0 Å². The fourth-order valence-electron chi connectivity index (χ4n) is 1.30. The molecule has 1 rings (SSSR count). The summed E-state index contributed by atoms with van der Waals surface area (Å²) < 4.78 is 2.17. The SMILES string of the molecule is CCCc1cnc(CNC)n1C. The highest BCUT2D eigenvalue weighted by Gasteiger charge is 2.03. The van der Waals surface area contributed by atoms with E-state index in [9.17, 15) is 0 Å². The summed E-state index contributed by atoms with van der Waals surface area (Å²) in [4.78, 5) is 4.32. The van der Waals surface area contributed by atoms with Gasteiger partial charge in [-0.1, -0.05) is 13.3 Å². The molecule has 1 aromatic heterocycles. The first-order chi connectivity index (χ1) is 5.79. The molecule has 0 fully saturated rings. The van der Waals surface area contributed by atoms with Gasteiger partial charge in [-0.25, -0.2) is 4.98 Å². The zero-order valence-corrected chi connectivity index (χ0v) is 8.09. The van der Waals surface area contributed by atoms with Crippen LogP contribution in [-0.4, -0.2) is 16.6 Å². The summed E-state index contributed by atoms with van der Waals surface area (Å²) in [5.41, 5.74) is 1.32. The maximum atomic E-state index is 4.32. The summed E-state index contributed by atoms with van der Waals surface area (Å²) in [5.74, 6) is 1.11. The van der Waals surface area contributed by atoms with Gasteiger partial charge in [0, 0.05) is 18.9 Å². The van der Waals surface area contributed by atoms with E-state index >= 15 is 0 Å². The lowest BCUT2D eigenvalue weighted by atomic mass is 10.3. The maximum absolute atomic E-state index is 4.32. The van der Waals surface area contributed by atoms with Crippen molar-refractivity contribution in [3.63, 3.8) is 0 Å². The summed E-state index contributed by atoms with van der Waals surface area (Å²) in [7, 11) is 4.01. The molecule has 0 aromatic carbocycles. The number of aromatic nitrogens is 2. The first-order valence-electron chi connectivity index (χ1n) is 4.43. The van der Waals surface area contributed by atoms with Crippen molar-refractivity contribution in [2.45, 2.75) is 26.3 Å². The summed E-state index contributed by atoms with van der Waals surface area (Å²) in [6.07, 6.45) is 4.27. The molecule has 0 saturated heterocycles. The van der Waals surface area contributed by atoms with Crippen molar-refractivity contribution in [3.8, 4) is 0 Å². The van der Waals surface area contributed by atoms with Crippen molar-refractivity contribution >= 4 is 0 Å². The molecular weight excluding hydrogens is 150 g/mol. The highest BCUT2D eigenvalue weighted by molar-refractivity contribution is 5.04. The number of nitrogens with zero attached hydrogens (tertiary/aromatic N) is 2. The molecule has 0 radical (unpaired) electrons. The monoisotopic (exact) mass is 167 g/mol. The van der Waals surface area contributed by atoms with E-state index in [1.807, 2.05) is 13.2 Å². The second-order valence-electron chi connectivity index (χ2n) is 3.01. The van der Waals surface area contributed by atoms with Crippen molar-refractivity contribution in [1.29, 1.82) is 0 Å². The van der Waals surface area contributed by atoms with Crippen LogP contribution >= 0.6 is 0 Å². The van der Waals surface area contributed by atoms with Gasteiger partial charge in [0.05, 0.1) is 6.54 Å². The number of nitrogens with one attached hydrogen (secondary N) is 1. The zero-order valence-electron chi connectivity index (χ0n) is 8.09. The average Bonchev–Trinajstić information content (AvgIpc) is 2.38. The van der Waals surface area contributed by atoms with Crippen LogP contribution < -0.4 is 5.32 Å². The number of hydrogen-bond donors (Lipinski definition) is 1. The Bertz CT molecular complexity index is 216. The molecule has 0 aliphatic heterocycles. The smallest absolute Gasteiger partial charge is 0.122 e. The second-order valence-corrected chi connectivity index (χ2v) is 3.01. The molecule has 68 valence electrons. The minimum atomic E-state index is 0.847. The molecule has 0 amide bonds. The molecule has 0 unspecified atom stereocenters. The summed E-state index contributed by atoms with van der Waals surface area (Å²) in [6, 6.07) is 0. The third-order valence-corrected chi connectivity index (χ3v) is 2.02. The number of imidazole rings is 1. The third-order valence-electron chi connectivity index (χ3n) is 2.02. The molecule has 3 nitrogen and oxygen atoms in total. The van der Waals surface area contributed by atoms with Crippen molar-refractivity contribution in [3.05, 3.63) is 17.7 Å². The summed E-state index contributed by atoms with van der Waals surface area (Å²) in [6.45, 7) is 3.03. The predicted molar refractivity (Wildman–Crippen MR) is 50.0 cm³/mol. The standard InChI is InChI=1S/C9H17N3/c1-4-5-8-6-11-9(7-10-2)12(8)3/h6,10H,4-5,7H2,1-3H3. The average molecular weight is 167 g/mol. The highest BCUT2D eigenvalue weighted by Crippen LogP contribution is 2.04. The fraction of sp³-hybridized carbons (Fsp3) is 0.667. The van der Waals surface area contributed by atoms with Crippen LogP contribution in [0.4, 0.5) is 0 Å². The molecule has 0 aliphatic carbocycles. The molecule has 12 heavy (non-hydrogen) atoms. The molecule has 1 aromatic rings. The highest BCUT2D eigenvalue weighted by atomic mass is 15.1. The van der Waals surface area contributed by atoms with Crippen LogP contribution in [0.15, 0.2) is 6.20 Å². The predicted octanol–water partition coefficient (Wildman–Crippen LogP) is 1.09. The van der Waals surface area contributed by atoms with Gasteiger partial charge >= 0.3 is 0 Å². The molecule has 3 heteroatoms. The molecule has 0 aliphatic rings. The molecule has 0 saturated carbocycles. The number of aryl methyl sites for hydroxylation is 1. The van der Waals surface area contributed by atoms with Crippen LogP contribution in [-0.2, 0) is 20.0 Å². The van der Waals surface area contributed by atoms with E-state index < -0.39 is 0 Å². The largest absolute Gasteiger partial charge is 0.334 e. The molecule has 0 spiro atoms. The van der Waals surface area contributed by atoms with Crippen LogP contribution in [0.5, 0.6) is 0 Å². The Morgan fingerprint density at radius 2 is 2.33 bits per heavy atom. The zero-order chi connectivity index (χ0) is 8.97. The van der Waals surface area contributed by atoms with Gasteiger partial charge in [0.25, 0.3) is 0 Å². The Hall–Kier alpha value is -0.830. The normalized spacial score (nSPS) is 10.6. The molecule has 0 bridgehead atoms. The van der Waals surface area contributed by atoms with E-state index in [-0.39, 0.29) is 0 Å². The van der Waals surface area contributed by atoms with Gasteiger partial charge in [-0.05, 0) is 13.5 Å². The molecular formula is C9H17N3. The molecule has 0 atom stereocenters. The Balaban J connectivity index is 2.74. The van der Waals surface area contributed by atoms with E-state index in [0.717, 1.165) is 18.8 Å². The molecule has 1 N–H and O–H groups in total. The minimum absolute atomic E-state index is 0.847. The Labute approximate surface area is 73.8 Å². The lowest BCUT2D eigenvalue weighted by Gasteiger charge is -2.03. The van der Waals surface area contributed by atoms with Gasteiger partial charge in [-0.15, -0.1) is 0 Å². The van der Waals surface area contributed by atoms with Gasteiger partial charge in [-0.3, -0.25) is 0 Å². The topological polar surface area (TPSA) is 29.9 Å². The summed E-state index contributed by atoms with van der Waals surface area (Å²) >= 11 is 0. The Kier molecular flexibility index (Phi) is 3.29. The van der Waals surface area contributed by atoms with Crippen molar-refractivity contribution in [1.82, 2.24) is 14.9 Å². The van der Waals surface area contributed by atoms with Gasteiger partial charge < -0.3 is 9.88 Å². The Morgan fingerprint density at radius 3 is 2.92 bits per heavy atom. The minimum Gasteiger partial charge on any atom is -0.334 e. The van der Waals surface area contributed by atoms with Crippen LogP contribution in [0.1, 0.15) is 24.9 Å². The van der Waals surface area contributed by atoms with Crippen LogP contribution in [0.25, 0.3) is 0 Å². The first-order valence-corrected chi connectivity index (χ1v) is 4.43. The van der Waals surface area contributed by atoms with Gasteiger partial charge in [-0.2, -0.15) is 0 Å². The van der Waals surface area contributed by atoms with Crippen LogP contribution in [0.3, 0.4) is 0 Å². The van der Waals surface area contributed by atoms with Gasteiger partial charge in [0.15, 0.2) is 0 Å². The lowest BCUT2D eigenvalue weighted by Crippen LogP contribution is -2.11. The van der Waals surface area contributed by atoms with Crippen molar-refractivity contribution in [2.24, 2.45) is 7.05 Å². The second kappa shape index (κ2) is 4.26. The van der Waals surface area contributed by atoms with Crippen molar-refractivity contribution < 1.29 is 0 Å².